The SMILES string of the molecule is CCC(C)(CC)c1ccc(-c2c(C)cccc2C)cc1-c1nccn1-c1c(C(C)C)ccc(-c2ccc(CC(C)C)cc2)c1C(C)C. The van der Waals surface area contributed by atoms with Gasteiger partial charge in [-0.2, -0.15) is 0 Å². The molecule has 4 aromatic carbocycles. The molecule has 0 fully saturated rings. The summed E-state index contributed by atoms with van der Waals surface area (Å²) in [5.41, 5.74) is 15.8. The molecule has 0 spiro atoms. The smallest absolute Gasteiger partial charge is 0.144 e. The van der Waals surface area contributed by atoms with Crippen LogP contribution in [0.1, 0.15) is 120 Å². The standard InChI is InChI=1S/C45H56N2/c1-12-45(11,13-2)40-24-21-36(42-32(9)15-14-16-33(42)10)28-39(40)44-46-25-26-47(44)43-37(30(5)6)22-23-38(41(43)31(7)8)35-19-17-34(18-20-35)27-29(3)4/h14-26,28-31H,12-13,27H2,1-11H3. The number of nitrogens with zero attached hydrogens (tertiary/aromatic N) is 2. The van der Waals surface area contributed by atoms with Gasteiger partial charge < -0.3 is 0 Å². The summed E-state index contributed by atoms with van der Waals surface area (Å²) in [6.07, 6.45) is 7.43. The summed E-state index contributed by atoms with van der Waals surface area (Å²) in [6, 6.07) is 27.8. The zero-order chi connectivity index (χ0) is 34.0. The number of benzene rings is 4. The molecule has 1 aromatic heterocycles. The second-order valence-corrected chi connectivity index (χ2v) is 15.0. The zero-order valence-electron chi connectivity index (χ0n) is 30.8. The highest BCUT2D eigenvalue weighted by atomic mass is 15.1. The largest absolute Gasteiger partial charge is 0.299 e. The first-order valence-corrected chi connectivity index (χ1v) is 17.9. The average Bonchev–Trinajstić information content (AvgIpc) is 3.53. The van der Waals surface area contributed by atoms with E-state index in [0.717, 1.165) is 25.1 Å². The molecule has 2 nitrogen and oxygen atoms in total. The van der Waals surface area contributed by atoms with Crippen LogP contribution in [0.3, 0.4) is 0 Å². The Hall–Kier alpha value is -3.91. The van der Waals surface area contributed by atoms with Crippen LogP contribution < -0.4 is 0 Å². The quantitative estimate of drug-likeness (QED) is 0.143. The lowest BCUT2D eigenvalue weighted by Crippen LogP contribution is -2.21. The maximum Gasteiger partial charge on any atom is 0.144 e. The molecule has 47 heavy (non-hydrogen) atoms. The molecule has 0 saturated carbocycles. The van der Waals surface area contributed by atoms with Crippen molar-refractivity contribution in [1.29, 1.82) is 0 Å². The number of imidazole rings is 1. The van der Waals surface area contributed by atoms with Crippen molar-refractivity contribution in [1.82, 2.24) is 9.55 Å². The van der Waals surface area contributed by atoms with Gasteiger partial charge in [0.2, 0.25) is 0 Å². The van der Waals surface area contributed by atoms with Crippen molar-refractivity contribution in [3.8, 4) is 39.3 Å². The second-order valence-electron chi connectivity index (χ2n) is 15.0. The predicted octanol–water partition coefficient (Wildman–Crippen LogP) is 13.0. The van der Waals surface area contributed by atoms with Gasteiger partial charge in [-0.15, -0.1) is 0 Å². The van der Waals surface area contributed by atoms with E-state index in [2.05, 4.69) is 160 Å². The fourth-order valence-corrected chi connectivity index (χ4v) is 7.48. The first kappa shape index (κ1) is 34.4. The van der Waals surface area contributed by atoms with Crippen LogP contribution in [0.25, 0.3) is 39.3 Å². The molecule has 0 atom stereocenters. The van der Waals surface area contributed by atoms with Crippen LogP contribution >= 0.6 is 0 Å². The molecule has 2 heteroatoms. The summed E-state index contributed by atoms with van der Waals surface area (Å²) < 4.78 is 2.42. The number of aryl methyl sites for hydroxylation is 2. The Kier molecular flexibility index (Phi) is 10.3. The number of aromatic nitrogens is 2. The molecule has 0 amide bonds. The molecule has 0 aliphatic rings. The molecule has 246 valence electrons. The van der Waals surface area contributed by atoms with E-state index in [1.54, 1.807) is 0 Å². The molecule has 0 aliphatic heterocycles. The second kappa shape index (κ2) is 14.1. The highest BCUT2D eigenvalue weighted by Crippen LogP contribution is 2.44. The third-order valence-corrected chi connectivity index (χ3v) is 10.5. The van der Waals surface area contributed by atoms with E-state index in [9.17, 15) is 0 Å². The Labute approximate surface area is 285 Å². The summed E-state index contributed by atoms with van der Waals surface area (Å²) in [7, 11) is 0. The monoisotopic (exact) mass is 624 g/mol. The average molecular weight is 625 g/mol. The Bertz CT molecular complexity index is 1810. The molecule has 0 bridgehead atoms. The first-order valence-electron chi connectivity index (χ1n) is 17.9. The molecular formula is C45H56N2. The van der Waals surface area contributed by atoms with Crippen molar-refractivity contribution >= 4 is 0 Å². The van der Waals surface area contributed by atoms with E-state index < -0.39 is 0 Å². The van der Waals surface area contributed by atoms with Crippen molar-refractivity contribution in [2.24, 2.45) is 5.92 Å². The van der Waals surface area contributed by atoms with Gasteiger partial charge in [-0.1, -0.05) is 129 Å². The molecule has 0 N–H and O–H groups in total. The first-order chi connectivity index (χ1) is 22.4. The van der Waals surface area contributed by atoms with Gasteiger partial charge in [-0.3, -0.25) is 4.57 Å². The van der Waals surface area contributed by atoms with E-state index in [1.807, 2.05) is 6.20 Å². The van der Waals surface area contributed by atoms with Crippen molar-refractivity contribution in [2.75, 3.05) is 0 Å². The maximum atomic E-state index is 5.19. The summed E-state index contributed by atoms with van der Waals surface area (Å²) in [5, 5.41) is 0. The van der Waals surface area contributed by atoms with Crippen LogP contribution in [0.5, 0.6) is 0 Å². The molecule has 5 aromatic rings. The van der Waals surface area contributed by atoms with Gasteiger partial charge in [0.1, 0.15) is 5.82 Å². The molecule has 5 rings (SSSR count). The summed E-state index contributed by atoms with van der Waals surface area (Å²) in [4.78, 5) is 5.19. The highest BCUT2D eigenvalue weighted by Gasteiger charge is 2.29. The number of hydrogen-bond donors (Lipinski definition) is 0. The normalized spacial score (nSPS) is 12.1. The number of hydrogen-bond acceptors (Lipinski definition) is 1. The molecule has 0 unspecified atom stereocenters. The van der Waals surface area contributed by atoms with Crippen LogP contribution in [0.4, 0.5) is 0 Å². The van der Waals surface area contributed by atoms with Crippen molar-refractivity contribution in [3.63, 3.8) is 0 Å². The minimum Gasteiger partial charge on any atom is -0.299 e. The van der Waals surface area contributed by atoms with E-state index in [1.165, 1.54) is 66.9 Å². The maximum absolute atomic E-state index is 5.19. The summed E-state index contributed by atoms with van der Waals surface area (Å²) in [5.74, 6) is 2.34. The fourth-order valence-electron chi connectivity index (χ4n) is 7.48. The lowest BCUT2D eigenvalue weighted by molar-refractivity contribution is 0.440. The van der Waals surface area contributed by atoms with Crippen LogP contribution in [0, 0.1) is 19.8 Å². The highest BCUT2D eigenvalue weighted by molar-refractivity contribution is 5.80. The topological polar surface area (TPSA) is 17.8 Å². The fraction of sp³-hybridized carbons (Fsp3) is 0.400. The van der Waals surface area contributed by atoms with Crippen LogP contribution in [-0.2, 0) is 11.8 Å². The van der Waals surface area contributed by atoms with Crippen LogP contribution in [-0.4, -0.2) is 9.55 Å². The molecule has 0 radical (unpaired) electrons. The van der Waals surface area contributed by atoms with Gasteiger partial charge >= 0.3 is 0 Å². The minimum absolute atomic E-state index is 0.0345. The van der Waals surface area contributed by atoms with E-state index in [0.29, 0.717) is 17.8 Å². The van der Waals surface area contributed by atoms with Gasteiger partial charge in [-0.25, -0.2) is 4.98 Å². The Morgan fingerprint density at radius 1 is 0.723 bits per heavy atom. The molecule has 0 saturated heterocycles. The van der Waals surface area contributed by atoms with Crippen molar-refractivity contribution < 1.29 is 0 Å². The van der Waals surface area contributed by atoms with Gasteiger partial charge in [0, 0.05) is 18.0 Å². The van der Waals surface area contributed by atoms with E-state index >= 15 is 0 Å². The van der Waals surface area contributed by atoms with Gasteiger partial charge in [0.15, 0.2) is 0 Å². The molecule has 1 heterocycles. The lowest BCUT2D eigenvalue weighted by atomic mass is 9.74. The number of rotatable bonds is 11. The van der Waals surface area contributed by atoms with Crippen LogP contribution in [0.2, 0.25) is 0 Å². The molecular weight excluding hydrogens is 569 g/mol. The third-order valence-electron chi connectivity index (χ3n) is 10.5. The van der Waals surface area contributed by atoms with Crippen molar-refractivity contribution in [2.45, 2.75) is 113 Å². The predicted molar refractivity (Wildman–Crippen MR) is 204 cm³/mol. The van der Waals surface area contributed by atoms with Gasteiger partial charge in [0.25, 0.3) is 0 Å². The summed E-state index contributed by atoms with van der Waals surface area (Å²) >= 11 is 0. The summed E-state index contributed by atoms with van der Waals surface area (Å²) in [6.45, 7) is 25.4. The third kappa shape index (κ3) is 6.75. The zero-order valence-corrected chi connectivity index (χ0v) is 30.8. The molecule has 0 aliphatic carbocycles. The van der Waals surface area contributed by atoms with Crippen LogP contribution in [0.15, 0.2) is 85.2 Å². The van der Waals surface area contributed by atoms with E-state index in [4.69, 9.17) is 4.98 Å². The Balaban J connectivity index is 1.81. The van der Waals surface area contributed by atoms with Gasteiger partial charge in [-0.05, 0) is 118 Å². The Morgan fingerprint density at radius 2 is 1.36 bits per heavy atom. The van der Waals surface area contributed by atoms with Gasteiger partial charge in [0.05, 0.1) is 5.69 Å². The van der Waals surface area contributed by atoms with Crippen molar-refractivity contribution in [3.05, 3.63) is 119 Å². The Morgan fingerprint density at radius 3 is 1.94 bits per heavy atom. The van der Waals surface area contributed by atoms with E-state index in [-0.39, 0.29) is 5.41 Å². The lowest BCUT2D eigenvalue weighted by Gasteiger charge is -2.31. The minimum atomic E-state index is 0.0345.